The molecule has 0 N–H and O–H groups in total. The summed E-state index contributed by atoms with van der Waals surface area (Å²) in [5.74, 6) is -2.54. The Balaban J connectivity index is 1.48. The van der Waals surface area contributed by atoms with E-state index in [1.54, 1.807) is 6.92 Å². The fourth-order valence-electron chi connectivity index (χ4n) is 11.2. The van der Waals surface area contributed by atoms with Gasteiger partial charge in [0.1, 0.15) is 12.0 Å². The van der Waals surface area contributed by atoms with E-state index in [0.29, 0.717) is 18.3 Å². The number of carbonyl (C=O) groups excluding carboxylic acids is 5. The van der Waals surface area contributed by atoms with Crippen LogP contribution in [0.5, 0.6) is 0 Å². The summed E-state index contributed by atoms with van der Waals surface area (Å²) in [5.41, 5.74) is -0.171. The molecule has 0 radical (unpaired) electrons. The van der Waals surface area contributed by atoms with Crippen molar-refractivity contribution >= 4 is 41.1 Å². The summed E-state index contributed by atoms with van der Waals surface area (Å²) >= 11 is 5.55. The Labute approximate surface area is 272 Å². The van der Waals surface area contributed by atoms with Crippen LogP contribution in [-0.4, -0.2) is 54.2 Å². The maximum absolute atomic E-state index is 14.0. The molecular weight excluding hydrogens is 596 g/mol. The number of halogens is 1. The van der Waals surface area contributed by atoms with Crippen LogP contribution >= 0.6 is 11.6 Å². The van der Waals surface area contributed by atoms with E-state index in [1.165, 1.54) is 13.8 Å². The molecule has 4 saturated carbocycles. The molecule has 2 spiro atoms. The van der Waals surface area contributed by atoms with Gasteiger partial charge in [-0.3, -0.25) is 24.0 Å². The normalized spacial score (nSPS) is 41.2. The van der Waals surface area contributed by atoms with Gasteiger partial charge in [-0.2, -0.15) is 0 Å². The molecule has 8 nitrogen and oxygen atoms in total. The molecule has 5 aliphatic rings. The van der Waals surface area contributed by atoms with Crippen molar-refractivity contribution in [2.45, 2.75) is 99.2 Å². The van der Waals surface area contributed by atoms with Gasteiger partial charge in [0.15, 0.2) is 17.7 Å². The molecule has 5 rings (SSSR count). The zero-order chi connectivity index (χ0) is 33.3. The summed E-state index contributed by atoms with van der Waals surface area (Å²) in [6.07, 6.45) is 8.11. The predicted octanol–water partition coefficient (Wildman–Crippen LogP) is 6.03. The topological polar surface area (TPSA) is 113 Å². The molecule has 9 heteroatoms. The smallest absolute Gasteiger partial charge is 0.320 e. The molecule has 4 fully saturated rings. The number of Topliss-reactive ketones (excluding diaryl/α,β-unsaturated/α-hetero) is 1. The number of ether oxygens (including phenoxy) is 3. The molecule has 5 aliphatic carbocycles. The Hall–Kier alpha value is -2.48. The van der Waals surface area contributed by atoms with Crippen LogP contribution in [0.25, 0.3) is 0 Å². The van der Waals surface area contributed by atoms with E-state index < -0.39 is 41.8 Å². The highest BCUT2D eigenvalue weighted by molar-refractivity contribution is 6.26. The average Bonchev–Trinajstić information content (AvgIpc) is 3.59. The molecule has 0 aliphatic heterocycles. The van der Waals surface area contributed by atoms with Crippen LogP contribution in [-0.2, 0) is 38.2 Å². The van der Waals surface area contributed by atoms with Gasteiger partial charge in [-0.25, -0.2) is 0 Å². The highest BCUT2D eigenvalue weighted by atomic mass is 35.5. The molecular formula is C36H49ClO8. The number of alkyl halides is 1. The van der Waals surface area contributed by atoms with Crippen LogP contribution < -0.4 is 0 Å². The summed E-state index contributed by atoms with van der Waals surface area (Å²) in [5, 5.41) is 0. The molecule has 12 atom stereocenters. The second kappa shape index (κ2) is 11.6. The van der Waals surface area contributed by atoms with Gasteiger partial charge in [0.2, 0.25) is 0 Å². The molecule has 0 aromatic rings. The van der Waals surface area contributed by atoms with Crippen LogP contribution in [0.15, 0.2) is 24.3 Å². The minimum Gasteiger partial charge on any atom is -0.464 e. The number of rotatable bonds is 10. The van der Waals surface area contributed by atoms with Crippen LogP contribution in [0.4, 0.5) is 0 Å². The van der Waals surface area contributed by atoms with Crippen molar-refractivity contribution in [2.24, 2.45) is 57.2 Å². The van der Waals surface area contributed by atoms with E-state index in [-0.39, 0.29) is 63.3 Å². The van der Waals surface area contributed by atoms with E-state index in [9.17, 15) is 24.0 Å². The van der Waals surface area contributed by atoms with Crippen LogP contribution in [0.3, 0.4) is 0 Å². The van der Waals surface area contributed by atoms with Crippen LogP contribution in [0.2, 0.25) is 0 Å². The zero-order valence-electron chi connectivity index (χ0n) is 27.8. The fourth-order valence-corrected chi connectivity index (χ4v) is 11.3. The van der Waals surface area contributed by atoms with Crippen LogP contribution in [0, 0.1) is 57.2 Å². The Morgan fingerprint density at radius 2 is 1.76 bits per heavy atom. The lowest BCUT2D eigenvalue weighted by Gasteiger charge is -2.61. The molecule has 0 aromatic carbocycles. The number of carbonyl (C=O) groups is 5. The lowest BCUT2D eigenvalue weighted by molar-refractivity contribution is -0.166. The van der Waals surface area contributed by atoms with Crippen LogP contribution in [0.1, 0.15) is 87.0 Å². The Morgan fingerprint density at radius 1 is 1.07 bits per heavy atom. The zero-order valence-corrected chi connectivity index (χ0v) is 28.5. The van der Waals surface area contributed by atoms with E-state index in [1.807, 2.05) is 13.0 Å². The summed E-state index contributed by atoms with van der Waals surface area (Å²) < 4.78 is 17.0. The molecule has 45 heavy (non-hydrogen) atoms. The quantitative estimate of drug-likeness (QED) is 0.123. The number of esters is 3. The monoisotopic (exact) mass is 644 g/mol. The molecule has 2 unspecified atom stereocenters. The molecule has 0 heterocycles. The first-order valence-electron chi connectivity index (χ1n) is 16.5. The third-order valence-corrected chi connectivity index (χ3v) is 13.7. The van der Waals surface area contributed by atoms with Gasteiger partial charge in [0.25, 0.3) is 0 Å². The predicted molar refractivity (Wildman–Crippen MR) is 168 cm³/mol. The van der Waals surface area contributed by atoms with Gasteiger partial charge in [-0.05, 0) is 83.7 Å². The van der Waals surface area contributed by atoms with Gasteiger partial charge in [0.05, 0.1) is 6.61 Å². The number of hydrogen-bond acceptors (Lipinski definition) is 8. The number of ketones is 2. The van der Waals surface area contributed by atoms with Crippen molar-refractivity contribution in [1.29, 1.82) is 0 Å². The Bertz CT molecular complexity index is 1340. The van der Waals surface area contributed by atoms with Gasteiger partial charge in [-0.1, -0.05) is 47.3 Å². The maximum atomic E-state index is 14.0. The molecule has 0 aromatic heterocycles. The van der Waals surface area contributed by atoms with E-state index in [2.05, 4.69) is 33.4 Å². The number of hydrogen-bond donors (Lipinski definition) is 0. The largest absolute Gasteiger partial charge is 0.464 e. The lowest BCUT2D eigenvalue weighted by atomic mass is 9.43. The van der Waals surface area contributed by atoms with E-state index in [4.69, 9.17) is 25.8 Å². The van der Waals surface area contributed by atoms with Crippen molar-refractivity contribution in [3.8, 4) is 0 Å². The summed E-state index contributed by atoms with van der Waals surface area (Å²) in [4.78, 5) is 63.3. The first-order chi connectivity index (χ1) is 21.0. The SMILES string of the molecule is C=C(C(=O)[C@H](OC(C)=O)[C@@H](C)[C@H]1[C@@H](OC(C)=O)C[C@@]2(C)C3CCC4[C@H](C)C(=O)C=C[C@@]45C[C@@]35CC[C@]12C)[C@@H](C)COC(=O)CCl. The van der Waals surface area contributed by atoms with Gasteiger partial charge in [-0.15, -0.1) is 11.6 Å². The van der Waals surface area contributed by atoms with Gasteiger partial charge >= 0.3 is 17.9 Å². The third-order valence-electron chi connectivity index (χ3n) is 13.5. The van der Waals surface area contributed by atoms with E-state index in [0.717, 1.165) is 32.1 Å². The Morgan fingerprint density at radius 3 is 2.38 bits per heavy atom. The van der Waals surface area contributed by atoms with Crippen molar-refractivity contribution in [1.82, 2.24) is 0 Å². The highest BCUT2D eigenvalue weighted by Crippen LogP contribution is 2.87. The first kappa shape index (κ1) is 33.9. The fraction of sp³-hybridized carbons (Fsp3) is 0.750. The number of allylic oxidation sites excluding steroid dienone is 2. The van der Waals surface area contributed by atoms with Gasteiger partial charge < -0.3 is 14.2 Å². The molecule has 0 bridgehead atoms. The van der Waals surface area contributed by atoms with E-state index >= 15 is 0 Å². The molecule has 0 saturated heterocycles. The standard InChI is InChI=1S/C36H49ClO8/c1-19(17-43-29(41)16-37)20(2)31(42)32(45-24(6)39)22(4)30-27(44-23(5)38)15-34(8)28-10-9-25-21(3)26(40)11-12-35(25)18-36(28,35)14-13-33(30,34)7/h11-12,19,21-22,25,27-28,30,32H,2,9-10,13-18H2,1,3-8H3/t19-,21-,22-,25?,27-,28?,30-,32+,33+,34-,35+,36-/m0/s1. The highest BCUT2D eigenvalue weighted by Gasteiger charge is 2.81. The summed E-state index contributed by atoms with van der Waals surface area (Å²) in [6.45, 7) is 17.0. The maximum Gasteiger partial charge on any atom is 0.320 e. The second-order valence-corrected chi connectivity index (χ2v) is 15.6. The van der Waals surface area contributed by atoms with Crippen molar-refractivity contribution < 1.29 is 38.2 Å². The lowest BCUT2D eigenvalue weighted by Crippen LogP contribution is -2.56. The molecule has 0 amide bonds. The van der Waals surface area contributed by atoms with Crippen molar-refractivity contribution in [3.05, 3.63) is 24.3 Å². The van der Waals surface area contributed by atoms with Crippen molar-refractivity contribution in [3.63, 3.8) is 0 Å². The number of fused-ring (bicyclic) bond motifs is 2. The second-order valence-electron chi connectivity index (χ2n) is 15.3. The molecule has 248 valence electrons. The average molecular weight is 645 g/mol. The third kappa shape index (κ3) is 5.03. The Kier molecular flexibility index (Phi) is 8.76. The van der Waals surface area contributed by atoms with Crippen molar-refractivity contribution in [2.75, 3.05) is 12.5 Å². The summed E-state index contributed by atoms with van der Waals surface area (Å²) in [6, 6.07) is 0. The minimum absolute atomic E-state index is 0.0334. The van der Waals surface area contributed by atoms with Gasteiger partial charge in [0, 0.05) is 37.5 Å². The minimum atomic E-state index is -1.14. The summed E-state index contributed by atoms with van der Waals surface area (Å²) in [7, 11) is 0. The first-order valence-corrected chi connectivity index (χ1v) is 17.0.